The number of aryl methyl sites for hydroxylation is 2. The number of nitrogens with zero attached hydrogens (tertiary/aromatic N) is 2. The van der Waals surface area contributed by atoms with Crippen molar-refractivity contribution in [2.75, 3.05) is 0 Å². The van der Waals surface area contributed by atoms with Crippen molar-refractivity contribution in [3.63, 3.8) is 0 Å². The smallest absolute Gasteiger partial charge is 0.246 e. The SMILES string of the molecule is CCn1nc(C)cc1C(=O)c1ccco1. The zero-order valence-corrected chi connectivity index (χ0v) is 8.73. The zero-order valence-electron chi connectivity index (χ0n) is 8.73. The molecule has 0 fully saturated rings. The predicted molar refractivity (Wildman–Crippen MR) is 54.8 cm³/mol. The summed E-state index contributed by atoms with van der Waals surface area (Å²) in [5.41, 5.74) is 1.41. The summed E-state index contributed by atoms with van der Waals surface area (Å²) in [7, 11) is 0. The van der Waals surface area contributed by atoms with Crippen molar-refractivity contribution in [3.05, 3.63) is 41.6 Å². The lowest BCUT2D eigenvalue weighted by molar-refractivity contribution is 0.0999. The van der Waals surface area contributed by atoms with Crippen LogP contribution in [0.5, 0.6) is 0 Å². The maximum atomic E-state index is 11.9. The van der Waals surface area contributed by atoms with E-state index >= 15 is 0 Å². The van der Waals surface area contributed by atoms with Gasteiger partial charge in [-0.1, -0.05) is 0 Å². The Morgan fingerprint density at radius 3 is 3.00 bits per heavy atom. The standard InChI is InChI=1S/C11H12N2O2/c1-3-13-9(7-8(2)12-13)11(14)10-5-4-6-15-10/h4-7H,3H2,1-2H3. The summed E-state index contributed by atoms with van der Waals surface area (Å²) in [5, 5.41) is 4.21. The molecule has 2 aromatic rings. The number of carbonyl (C=O) groups is 1. The average Bonchev–Trinajstić information content (AvgIpc) is 2.84. The van der Waals surface area contributed by atoms with Crippen molar-refractivity contribution in [2.45, 2.75) is 20.4 Å². The molecule has 78 valence electrons. The lowest BCUT2D eigenvalue weighted by Crippen LogP contribution is -2.09. The number of carbonyl (C=O) groups excluding carboxylic acids is 1. The van der Waals surface area contributed by atoms with Gasteiger partial charge in [-0.15, -0.1) is 0 Å². The van der Waals surface area contributed by atoms with Crippen molar-refractivity contribution in [1.82, 2.24) is 9.78 Å². The van der Waals surface area contributed by atoms with E-state index in [4.69, 9.17) is 4.42 Å². The van der Waals surface area contributed by atoms with Gasteiger partial charge in [0, 0.05) is 6.54 Å². The molecule has 4 heteroatoms. The highest BCUT2D eigenvalue weighted by atomic mass is 16.3. The highest BCUT2D eigenvalue weighted by Crippen LogP contribution is 2.11. The maximum absolute atomic E-state index is 11.9. The molecule has 4 nitrogen and oxygen atoms in total. The molecule has 2 aromatic heterocycles. The molecule has 0 amide bonds. The van der Waals surface area contributed by atoms with Gasteiger partial charge in [0.2, 0.25) is 5.78 Å². The van der Waals surface area contributed by atoms with Gasteiger partial charge < -0.3 is 4.42 Å². The highest BCUT2D eigenvalue weighted by Gasteiger charge is 2.17. The molecule has 0 spiro atoms. The second kappa shape index (κ2) is 3.73. The molecular formula is C11H12N2O2. The van der Waals surface area contributed by atoms with Crippen LogP contribution in [0.1, 0.15) is 28.9 Å². The van der Waals surface area contributed by atoms with E-state index in [2.05, 4.69) is 5.10 Å². The van der Waals surface area contributed by atoms with Crippen LogP contribution in [-0.2, 0) is 6.54 Å². The van der Waals surface area contributed by atoms with Gasteiger partial charge in [-0.05, 0) is 32.0 Å². The highest BCUT2D eigenvalue weighted by molar-refractivity contribution is 6.05. The molecule has 15 heavy (non-hydrogen) atoms. The van der Waals surface area contributed by atoms with E-state index in [0.29, 0.717) is 18.0 Å². The van der Waals surface area contributed by atoms with Crippen LogP contribution in [0.15, 0.2) is 28.9 Å². The molecular weight excluding hydrogens is 192 g/mol. The molecule has 0 unspecified atom stereocenters. The van der Waals surface area contributed by atoms with Crippen LogP contribution in [0.2, 0.25) is 0 Å². The number of furan rings is 1. The molecule has 0 aromatic carbocycles. The third-order valence-electron chi connectivity index (χ3n) is 2.18. The van der Waals surface area contributed by atoms with Gasteiger partial charge in [-0.3, -0.25) is 9.48 Å². The number of hydrogen-bond acceptors (Lipinski definition) is 3. The summed E-state index contributed by atoms with van der Waals surface area (Å²) >= 11 is 0. The van der Waals surface area contributed by atoms with Crippen molar-refractivity contribution in [2.24, 2.45) is 0 Å². The first-order valence-corrected chi connectivity index (χ1v) is 4.85. The first kappa shape index (κ1) is 9.71. The Labute approximate surface area is 87.5 Å². The van der Waals surface area contributed by atoms with Crippen molar-refractivity contribution in [3.8, 4) is 0 Å². The predicted octanol–water partition coefficient (Wildman–Crippen LogP) is 2.04. The lowest BCUT2D eigenvalue weighted by atomic mass is 10.2. The van der Waals surface area contributed by atoms with Crippen LogP contribution < -0.4 is 0 Å². The fourth-order valence-corrected chi connectivity index (χ4v) is 1.50. The summed E-state index contributed by atoms with van der Waals surface area (Å²) in [6.07, 6.45) is 1.49. The third-order valence-corrected chi connectivity index (χ3v) is 2.18. The van der Waals surface area contributed by atoms with E-state index < -0.39 is 0 Å². The van der Waals surface area contributed by atoms with Gasteiger partial charge in [0.15, 0.2) is 5.76 Å². The van der Waals surface area contributed by atoms with Crippen LogP contribution in [0, 0.1) is 6.92 Å². The zero-order chi connectivity index (χ0) is 10.8. The van der Waals surface area contributed by atoms with Gasteiger partial charge >= 0.3 is 0 Å². The van der Waals surface area contributed by atoms with Gasteiger partial charge in [-0.2, -0.15) is 5.10 Å². The number of rotatable bonds is 3. The van der Waals surface area contributed by atoms with Crippen molar-refractivity contribution in [1.29, 1.82) is 0 Å². The van der Waals surface area contributed by atoms with Gasteiger partial charge in [0.25, 0.3) is 0 Å². The maximum Gasteiger partial charge on any atom is 0.246 e. The van der Waals surface area contributed by atoms with Gasteiger partial charge in [-0.25, -0.2) is 0 Å². The lowest BCUT2D eigenvalue weighted by Gasteiger charge is -2.00. The summed E-state index contributed by atoms with van der Waals surface area (Å²) in [6, 6.07) is 5.13. The fourth-order valence-electron chi connectivity index (χ4n) is 1.50. The van der Waals surface area contributed by atoms with E-state index in [9.17, 15) is 4.79 Å². The van der Waals surface area contributed by atoms with Crippen LogP contribution in [0.3, 0.4) is 0 Å². The molecule has 0 saturated carbocycles. The minimum absolute atomic E-state index is 0.123. The molecule has 0 aliphatic carbocycles. The van der Waals surface area contributed by atoms with Crippen molar-refractivity contribution < 1.29 is 9.21 Å². The minimum atomic E-state index is -0.123. The second-order valence-electron chi connectivity index (χ2n) is 3.29. The van der Waals surface area contributed by atoms with E-state index in [1.807, 2.05) is 13.8 Å². The molecule has 0 N–H and O–H groups in total. The normalized spacial score (nSPS) is 10.5. The van der Waals surface area contributed by atoms with Crippen LogP contribution in [0.4, 0.5) is 0 Å². The van der Waals surface area contributed by atoms with Gasteiger partial charge in [0.1, 0.15) is 5.69 Å². The van der Waals surface area contributed by atoms with Crippen LogP contribution >= 0.6 is 0 Å². The van der Waals surface area contributed by atoms with Gasteiger partial charge in [0.05, 0.1) is 12.0 Å². The quantitative estimate of drug-likeness (QED) is 0.719. The molecule has 0 radical (unpaired) electrons. The summed E-state index contributed by atoms with van der Waals surface area (Å²) in [4.78, 5) is 11.9. The molecule has 0 atom stereocenters. The Morgan fingerprint density at radius 2 is 2.40 bits per heavy atom. The van der Waals surface area contributed by atoms with E-state index in [0.717, 1.165) is 5.69 Å². The van der Waals surface area contributed by atoms with Crippen LogP contribution in [0.25, 0.3) is 0 Å². The Balaban J connectivity index is 2.41. The van der Waals surface area contributed by atoms with E-state index in [1.165, 1.54) is 6.26 Å². The average molecular weight is 204 g/mol. The molecule has 0 aliphatic rings. The number of aromatic nitrogens is 2. The summed E-state index contributed by atoms with van der Waals surface area (Å²) < 4.78 is 6.75. The Bertz CT molecular complexity index is 469. The fraction of sp³-hybridized carbons (Fsp3) is 0.273. The first-order chi connectivity index (χ1) is 7.22. The summed E-state index contributed by atoms with van der Waals surface area (Å²) in [5.74, 6) is 0.229. The Kier molecular flexibility index (Phi) is 2.41. The van der Waals surface area contributed by atoms with E-state index in [1.54, 1.807) is 22.9 Å². The largest absolute Gasteiger partial charge is 0.461 e. The summed E-state index contributed by atoms with van der Waals surface area (Å²) in [6.45, 7) is 4.49. The molecule has 2 rings (SSSR count). The van der Waals surface area contributed by atoms with E-state index in [-0.39, 0.29) is 5.78 Å². The first-order valence-electron chi connectivity index (χ1n) is 4.85. The second-order valence-corrected chi connectivity index (χ2v) is 3.29. The van der Waals surface area contributed by atoms with Crippen LogP contribution in [-0.4, -0.2) is 15.6 Å². The molecule has 0 saturated heterocycles. The van der Waals surface area contributed by atoms with Crippen molar-refractivity contribution >= 4 is 5.78 Å². The molecule has 2 heterocycles. The molecule has 0 bridgehead atoms. The third kappa shape index (κ3) is 1.70. The monoisotopic (exact) mass is 204 g/mol. The number of ketones is 1. The Hall–Kier alpha value is -1.84. The minimum Gasteiger partial charge on any atom is -0.461 e. The Morgan fingerprint density at radius 1 is 1.60 bits per heavy atom. The molecule has 0 aliphatic heterocycles. The number of hydrogen-bond donors (Lipinski definition) is 0. The topological polar surface area (TPSA) is 48.0 Å².